The third kappa shape index (κ3) is 4.38. The van der Waals surface area contributed by atoms with Gasteiger partial charge < -0.3 is 9.30 Å². The Balaban J connectivity index is 1.70. The van der Waals surface area contributed by atoms with Gasteiger partial charge >= 0.3 is 6.09 Å². The highest BCUT2D eigenvalue weighted by Gasteiger charge is 2.27. The topological polar surface area (TPSA) is 90.3 Å². The van der Waals surface area contributed by atoms with Gasteiger partial charge in [0.25, 0.3) is 10.0 Å². The summed E-state index contributed by atoms with van der Waals surface area (Å²) in [5, 5.41) is 0. The van der Waals surface area contributed by atoms with Crippen LogP contribution >= 0.6 is 11.3 Å². The van der Waals surface area contributed by atoms with E-state index in [2.05, 4.69) is 28.1 Å². The second kappa shape index (κ2) is 8.47. The van der Waals surface area contributed by atoms with Crippen molar-refractivity contribution in [2.24, 2.45) is 5.92 Å². The van der Waals surface area contributed by atoms with Crippen molar-refractivity contribution < 1.29 is 17.9 Å². The van der Waals surface area contributed by atoms with E-state index < -0.39 is 16.1 Å². The Morgan fingerprint density at radius 3 is 2.74 bits per heavy atom. The molecule has 9 heteroatoms. The quantitative estimate of drug-likeness (QED) is 0.590. The lowest BCUT2D eigenvalue weighted by molar-refractivity contribution is 0.177. The zero-order valence-electron chi connectivity index (χ0n) is 17.7. The average Bonchev–Trinajstić information content (AvgIpc) is 3.43. The maximum absolute atomic E-state index is 12.9. The predicted octanol–water partition coefficient (Wildman–Crippen LogP) is 4.39. The van der Waals surface area contributed by atoms with Crippen LogP contribution in [0, 0.1) is 5.92 Å². The molecule has 0 saturated heterocycles. The van der Waals surface area contributed by atoms with Gasteiger partial charge in [-0.2, -0.15) is 0 Å². The van der Waals surface area contributed by atoms with Crippen LogP contribution in [0.3, 0.4) is 0 Å². The van der Waals surface area contributed by atoms with Crippen molar-refractivity contribution in [2.45, 2.75) is 43.4 Å². The number of thiophene rings is 1. The Labute approximate surface area is 186 Å². The van der Waals surface area contributed by atoms with Crippen molar-refractivity contribution in [1.82, 2.24) is 14.3 Å². The average molecular weight is 460 g/mol. The number of sulfonamides is 1. The van der Waals surface area contributed by atoms with E-state index in [4.69, 9.17) is 0 Å². The van der Waals surface area contributed by atoms with Gasteiger partial charge in [0.1, 0.15) is 10.0 Å². The largest absolute Gasteiger partial charge is 0.452 e. The van der Waals surface area contributed by atoms with Crippen LogP contribution in [-0.4, -0.2) is 31.2 Å². The van der Waals surface area contributed by atoms with Gasteiger partial charge in [-0.1, -0.05) is 38.1 Å². The van der Waals surface area contributed by atoms with Crippen LogP contribution in [0.15, 0.2) is 46.9 Å². The third-order valence-corrected chi connectivity index (χ3v) is 8.34. The monoisotopic (exact) mass is 459 g/mol. The molecule has 0 aliphatic carbocycles. The van der Waals surface area contributed by atoms with Crippen molar-refractivity contribution in [3.8, 4) is 11.1 Å². The molecule has 1 aliphatic rings. The first-order valence-corrected chi connectivity index (χ1v) is 12.4. The second-order valence-electron chi connectivity index (χ2n) is 8.04. The van der Waals surface area contributed by atoms with E-state index in [9.17, 15) is 13.2 Å². The van der Waals surface area contributed by atoms with Gasteiger partial charge in [0.2, 0.25) is 0 Å². The molecule has 3 aromatic rings. The molecule has 2 aromatic heterocycles. The zero-order valence-corrected chi connectivity index (χ0v) is 19.3. The Bertz CT molecular complexity index is 1190. The maximum Gasteiger partial charge on any atom is 0.420 e. The number of hydrogen-bond acceptors (Lipinski definition) is 6. The van der Waals surface area contributed by atoms with E-state index in [1.165, 1.54) is 11.3 Å². The maximum atomic E-state index is 12.9. The lowest BCUT2D eigenvalue weighted by Crippen LogP contribution is -2.30. The summed E-state index contributed by atoms with van der Waals surface area (Å²) in [5.74, 6) is 1.47. The molecule has 0 spiro atoms. The SMILES string of the molecule is COC(=O)NS(=O)(=O)c1sc(CC(C)C)cc1-c1ccc([C@H]2CCc3nccn32)cc1. The standard InChI is InChI=1S/C22H25N3O4S2/c1-14(2)12-17-13-18(21(30-17)31(27,28)24-22(26)29-3)15-4-6-16(7-5-15)19-8-9-20-23-10-11-25(19)20/h4-7,10-11,13-14,19H,8-9,12H2,1-3H3,(H,24,26)/t19-/m1/s1. The number of ether oxygens (including phenoxy) is 1. The van der Waals surface area contributed by atoms with Crippen molar-refractivity contribution in [3.05, 3.63) is 59.0 Å². The first kappa shape index (κ1) is 21.6. The number of carbonyl (C=O) groups excluding carboxylic acids is 1. The summed E-state index contributed by atoms with van der Waals surface area (Å²) in [7, 11) is -2.91. The molecular weight excluding hydrogens is 434 g/mol. The molecule has 1 atom stereocenters. The van der Waals surface area contributed by atoms with Gasteiger partial charge in [-0.3, -0.25) is 0 Å². The van der Waals surface area contributed by atoms with Crippen LogP contribution in [0.2, 0.25) is 0 Å². The van der Waals surface area contributed by atoms with Crippen LogP contribution in [0.25, 0.3) is 11.1 Å². The number of benzene rings is 1. The fraction of sp³-hybridized carbons (Fsp3) is 0.364. The summed E-state index contributed by atoms with van der Waals surface area (Å²) >= 11 is 1.19. The van der Waals surface area contributed by atoms with E-state index in [1.807, 2.05) is 47.4 Å². The van der Waals surface area contributed by atoms with Crippen LogP contribution in [-0.2, 0) is 27.6 Å². The first-order valence-electron chi connectivity index (χ1n) is 10.1. The summed E-state index contributed by atoms with van der Waals surface area (Å²) in [5.41, 5.74) is 2.55. The normalized spacial score (nSPS) is 15.8. The van der Waals surface area contributed by atoms with Crippen molar-refractivity contribution in [1.29, 1.82) is 0 Å². The minimum Gasteiger partial charge on any atom is -0.452 e. The van der Waals surface area contributed by atoms with Crippen LogP contribution in [0.5, 0.6) is 0 Å². The van der Waals surface area contributed by atoms with E-state index in [-0.39, 0.29) is 10.3 Å². The Morgan fingerprint density at radius 1 is 1.32 bits per heavy atom. The number of hydrogen-bond donors (Lipinski definition) is 1. The Morgan fingerprint density at radius 2 is 2.06 bits per heavy atom. The number of carbonyl (C=O) groups is 1. The molecule has 1 aliphatic heterocycles. The Hall–Kier alpha value is -2.65. The predicted molar refractivity (Wildman–Crippen MR) is 120 cm³/mol. The number of aryl methyl sites for hydroxylation is 1. The summed E-state index contributed by atoms with van der Waals surface area (Å²) in [6, 6.07) is 10.1. The minimum atomic E-state index is -4.04. The molecule has 7 nitrogen and oxygen atoms in total. The smallest absolute Gasteiger partial charge is 0.420 e. The van der Waals surface area contributed by atoms with Crippen LogP contribution in [0.4, 0.5) is 4.79 Å². The van der Waals surface area contributed by atoms with Gasteiger partial charge in [-0.25, -0.2) is 22.9 Å². The number of imidazole rings is 1. The van der Waals surface area contributed by atoms with Crippen molar-refractivity contribution in [2.75, 3.05) is 7.11 Å². The number of amides is 1. The first-order chi connectivity index (χ1) is 14.8. The van der Waals surface area contributed by atoms with Crippen molar-refractivity contribution >= 4 is 27.5 Å². The number of rotatable bonds is 6. The number of fused-ring (bicyclic) bond motifs is 1. The number of aromatic nitrogens is 2. The molecular formula is C22H25N3O4S2. The number of methoxy groups -OCH3 is 1. The molecule has 0 bridgehead atoms. The second-order valence-corrected chi connectivity index (χ2v) is 11.1. The minimum absolute atomic E-state index is 0.124. The van der Waals surface area contributed by atoms with Gasteiger partial charge in [0.15, 0.2) is 0 Å². The molecule has 1 amide bonds. The lowest BCUT2D eigenvalue weighted by atomic mass is 10.0. The summed E-state index contributed by atoms with van der Waals surface area (Å²) in [6.45, 7) is 4.17. The van der Waals surface area contributed by atoms with Gasteiger partial charge in [-0.15, -0.1) is 11.3 Å². The molecule has 1 aromatic carbocycles. The van der Waals surface area contributed by atoms with Crippen LogP contribution in [0.1, 0.15) is 42.6 Å². The summed E-state index contributed by atoms with van der Waals surface area (Å²) < 4.78 is 34.5. The summed E-state index contributed by atoms with van der Waals surface area (Å²) in [6.07, 6.45) is 5.53. The number of nitrogens with one attached hydrogen (secondary N) is 1. The highest BCUT2D eigenvalue weighted by Crippen LogP contribution is 2.38. The highest BCUT2D eigenvalue weighted by molar-refractivity contribution is 7.92. The van der Waals surface area contributed by atoms with Gasteiger partial charge in [0, 0.05) is 29.3 Å². The summed E-state index contributed by atoms with van der Waals surface area (Å²) in [4.78, 5) is 16.9. The Kier molecular flexibility index (Phi) is 5.90. The lowest BCUT2D eigenvalue weighted by Gasteiger charge is -2.14. The molecule has 0 unspecified atom stereocenters. The fourth-order valence-corrected chi connectivity index (χ4v) is 6.83. The molecule has 164 valence electrons. The molecule has 31 heavy (non-hydrogen) atoms. The molecule has 1 N–H and O–H groups in total. The van der Waals surface area contributed by atoms with Crippen LogP contribution < -0.4 is 4.72 Å². The molecule has 0 saturated carbocycles. The molecule has 0 radical (unpaired) electrons. The molecule has 4 rings (SSSR count). The highest BCUT2D eigenvalue weighted by atomic mass is 32.2. The molecule has 0 fully saturated rings. The van der Waals surface area contributed by atoms with E-state index in [0.717, 1.165) is 48.2 Å². The zero-order chi connectivity index (χ0) is 22.2. The van der Waals surface area contributed by atoms with Crippen molar-refractivity contribution in [3.63, 3.8) is 0 Å². The molecule has 3 heterocycles. The number of nitrogens with zero attached hydrogens (tertiary/aromatic N) is 2. The van der Waals surface area contributed by atoms with Gasteiger partial charge in [0.05, 0.1) is 13.2 Å². The van der Waals surface area contributed by atoms with E-state index in [1.54, 1.807) is 0 Å². The fourth-order valence-electron chi connectivity index (χ4n) is 3.96. The van der Waals surface area contributed by atoms with Gasteiger partial charge in [-0.05, 0) is 36.0 Å². The van der Waals surface area contributed by atoms with E-state index >= 15 is 0 Å². The van der Waals surface area contributed by atoms with E-state index in [0.29, 0.717) is 11.5 Å². The third-order valence-electron chi connectivity index (χ3n) is 5.34.